The number of anilines is 1. The van der Waals surface area contributed by atoms with Crippen molar-refractivity contribution in [3.8, 4) is 5.75 Å². The van der Waals surface area contributed by atoms with Crippen LogP contribution >= 0.6 is 0 Å². The van der Waals surface area contributed by atoms with Gasteiger partial charge in [0.25, 0.3) is 5.91 Å². The number of hydrogen-bond donors (Lipinski definition) is 3. The summed E-state index contributed by atoms with van der Waals surface area (Å²) in [4.78, 5) is 33.8. The summed E-state index contributed by atoms with van der Waals surface area (Å²) in [5, 5.41) is 1.80. The Morgan fingerprint density at radius 3 is 2.50 bits per heavy atom. The van der Waals surface area contributed by atoms with E-state index in [0.717, 1.165) is 0 Å². The Bertz CT molecular complexity index is 544. The molecule has 0 aliphatic carbocycles. The summed E-state index contributed by atoms with van der Waals surface area (Å²) in [5.41, 5.74) is 10.7. The minimum Gasteiger partial charge on any atom is -0.497 e. The van der Waals surface area contributed by atoms with Crippen LogP contribution in [0.15, 0.2) is 18.2 Å². The fourth-order valence-corrected chi connectivity index (χ4v) is 1.34. The molecule has 0 fully saturated rings. The van der Waals surface area contributed by atoms with E-state index in [4.69, 9.17) is 20.9 Å². The van der Waals surface area contributed by atoms with Crippen molar-refractivity contribution in [1.82, 2.24) is 5.32 Å². The Balaban J connectivity index is 2.80. The highest BCUT2D eigenvalue weighted by Crippen LogP contribution is 2.20. The van der Waals surface area contributed by atoms with Gasteiger partial charge in [0.15, 0.2) is 6.10 Å². The van der Waals surface area contributed by atoms with E-state index >= 15 is 0 Å². The number of hydrogen-bond acceptors (Lipinski definition) is 6. The molecule has 20 heavy (non-hydrogen) atoms. The number of nitrogens with two attached hydrogens (primary N) is 2. The largest absolute Gasteiger partial charge is 0.497 e. The molecule has 1 aromatic rings. The lowest BCUT2D eigenvalue weighted by Gasteiger charge is -2.13. The number of benzene rings is 1. The quantitative estimate of drug-likeness (QED) is 0.526. The van der Waals surface area contributed by atoms with Gasteiger partial charge in [-0.05, 0) is 25.1 Å². The highest BCUT2D eigenvalue weighted by molar-refractivity contribution is 5.99. The van der Waals surface area contributed by atoms with Crippen LogP contribution in [0, 0.1) is 0 Å². The SMILES string of the molecule is COc1ccc(N)c(C(=O)OC(C)C(=O)NC(N)=O)c1. The van der Waals surface area contributed by atoms with Crippen LogP contribution in [0.25, 0.3) is 0 Å². The second-order valence-electron chi connectivity index (χ2n) is 3.85. The van der Waals surface area contributed by atoms with E-state index in [1.807, 2.05) is 0 Å². The zero-order chi connectivity index (χ0) is 15.3. The molecule has 0 radical (unpaired) electrons. The van der Waals surface area contributed by atoms with Crippen LogP contribution in [0.1, 0.15) is 17.3 Å². The molecule has 0 bridgehead atoms. The molecule has 0 saturated heterocycles. The van der Waals surface area contributed by atoms with Gasteiger partial charge < -0.3 is 20.9 Å². The molecule has 0 saturated carbocycles. The Kier molecular flexibility index (Phi) is 4.90. The van der Waals surface area contributed by atoms with Crippen molar-refractivity contribution in [2.45, 2.75) is 13.0 Å². The molecule has 0 heterocycles. The topological polar surface area (TPSA) is 134 Å². The molecule has 1 unspecified atom stereocenters. The number of amides is 3. The van der Waals surface area contributed by atoms with Gasteiger partial charge in [0.05, 0.1) is 12.7 Å². The Hall–Kier alpha value is -2.77. The number of urea groups is 1. The highest BCUT2D eigenvalue weighted by atomic mass is 16.5. The van der Waals surface area contributed by atoms with Gasteiger partial charge in [-0.1, -0.05) is 0 Å². The van der Waals surface area contributed by atoms with Crippen LogP contribution in [-0.2, 0) is 9.53 Å². The van der Waals surface area contributed by atoms with Crippen molar-refractivity contribution in [3.05, 3.63) is 23.8 Å². The van der Waals surface area contributed by atoms with E-state index in [-0.39, 0.29) is 11.3 Å². The van der Waals surface area contributed by atoms with Gasteiger partial charge in [-0.3, -0.25) is 10.1 Å². The zero-order valence-corrected chi connectivity index (χ0v) is 11.0. The minimum atomic E-state index is -1.19. The molecule has 1 atom stereocenters. The van der Waals surface area contributed by atoms with Crippen LogP contribution in [0.4, 0.5) is 10.5 Å². The van der Waals surface area contributed by atoms with E-state index < -0.39 is 24.0 Å². The van der Waals surface area contributed by atoms with Gasteiger partial charge in [0.2, 0.25) is 0 Å². The molecular weight excluding hydrogens is 266 g/mol. The first kappa shape index (κ1) is 15.3. The van der Waals surface area contributed by atoms with Crippen LogP contribution in [0.5, 0.6) is 5.75 Å². The number of carbonyl (C=O) groups is 3. The van der Waals surface area contributed by atoms with E-state index in [0.29, 0.717) is 5.75 Å². The standard InChI is InChI=1S/C12H15N3O5/c1-6(10(16)15-12(14)18)20-11(17)8-5-7(19-2)3-4-9(8)13/h3-6H,13H2,1-2H3,(H3,14,15,16,18). The fraction of sp³-hybridized carbons (Fsp3) is 0.250. The van der Waals surface area contributed by atoms with Gasteiger partial charge in [-0.25, -0.2) is 9.59 Å². The second kappa shape index (κ2) is 6.41. The third-order valence-corrected chi connectivity index (χ3v) is 2.38. The smallest absolute Gasteiger partial charge is 0.341 e. The van der Waals surface area contributed by atoms with E-state index in [9.17, 15) is 14.4 Å². The summed E-state index contributed by atoms with van der Waals surface area (Å²) in [6.07, 6.45) is -1.19. The number of esters is 1. The normalized spacial score (nSPS) is 11.3. The monoisotopic (exact) mass is 281 g/mol. The van der Waals surface area contributed by atoms with E-state index in [1.54, 1.807) is 11.4 Å². The Morgan fingerprint density at radius 1 is 1.30 bits per heavy atom. The van der Waals surface area contributed by atoms with Crippen molar-refractivity contribution < 1.29 is 23.9 Å². The highest BCUT2D eigenvalue weighted by Gasteiger charge is 2.21. The predicted molar refractivity (Wildman–Crippen MR) is 70.0 cm³/mol. The number of carbonyl (C=O) groups excluding carboxylic acids is 3. The molecule has 0 aliphatic heterocycles. The minimum absolute atomic E-state index is 0.0584. The maximum atomic E-state index is 11.9. The Morgan fingerprint density at radius 2 is 1.95 bits per heavy atom. The first-order chi connectivity index (χ1) is 9.35. The molecule has 108 valence electrons. The number of primary amides is 1. The lowest BCUT2D eigenvalue weighted by molar-refractivity contribution is -0.127. The van der Waals surface area contributed by atoms with Gasteiger partial charge in [-0.15, -0.1) is 0 Å². The summed E-state index contributed by atoms with van der Waals surface area (Å²) in [6, 6.07) is 3.41. The number of nitrogens with one attached hydrogen (secondary N) is 1. The molecular formula is C12H15N3O5. The first-order valence-electron chi connectivity index (χ1n) is 5.60. The first-order valence-corrected chi connectivity index (χ1v) is 5.60. The number of rotatable bonds is 4. The Labute approximate surface area is 115 Å². The molecule has 8 heteroatoms. The number of ether oxygens (including phenoxy) is 2. The van der Waals surface area contributed by atoms with Crippen molar-refractivity contribution in [1.29, 1.82) is 0 Å². The van der Waals surface area contributed by atoms with E-state index in [2.05, 4.69) is 0 Å². The lowest BCUT2D eigenvalue weighted by Crippen LogP contribution is -2.42. The molecule has 0 aromatic heterocycles. The summed E-state index contributed by atoms with van der Waals surface area (Å²) in [7, 11) is 1.43. The molecule has 1 rings (SSSR count). The maximum Gasteiger partial charge on any atom is 0.341 e. The van der Waals surface area contributed by atoms with Crippen LogP contribution in [0.2, 0.25) is 0 Å². The van der Waals surface area contributed by atoms with Crippen molar-refractivity contribution in [3.63, 3.8) is 0 Å². The average molecular weight is 281 g/mol. The third kappa shape index (κ3) is 3.87. The van der Waals surface area contributed by atoms with Gasteiger partial charge in [0, 0.05) is 5.69 Å². The summed E-state index contributed by atoms with van der Waals surface area (Å²) < 4.78 is 9.85. The molecule has 0 aliphatic rings. The summed E-state index contributed by atoms with van der Waals surface area (Å²) >= 11 is 0. The molecule has 1 aromatic carbocycles. The second-order valence-corrected chi connectivity index (χ2v) is 3.85. The summed E-state index contributed by atoms with van der Waals surface area (Å²) in [6.45, 7) is 1.30. The fourth-order valence-electron chi connectivity index (χ4n) is 1.34. The molecule has 5 N–H and O–H groups in total. The van der Waals surface area contributed by atoms with Crippen molar-refractivity contribution in [2.24, 2.45) is 5.73 Å². The molecule has 8 nitrogen and oxygen atoms in total. The lowest BCUT2D eigenvalue weighted by atomic mass is 10.1. The predicted octanol–water partition coefficient (Wildman–Crippen LogP) is 0.0176. The van der Waals surface area contributed by atoms with Gasteiger partial charge in [0.1, 0.15) is 5.75 Å². The van der Waals surface area contributed by atoms with Gasteiger partial charge in [-0.2, -0.15) is 0 Å². The van der Waals surface area contributed by atoms with Crippen molar-refractivity contribution >= 4 is 23.6 Å². The van der Waals surface area contributed by atoms with E-state index in [1.165, 1.54) is 26.2 Å². The molecule has 3 amide bonds. The van der Waals surface area contributed by atoms with Crippen LogP contribution in [0.3, 0.4) is 0 Å². The number of methoxy groups -OCH3 is 1. The van der Waals surface area contributed by atoms with Crippen molar-refractivity contribution in [2.75, 3.05) is 12.8 Å². The third-order valence-electron chi connectivity index (χ3n) is 2.38. The number of imide groups is 1. The number of nitrogen functional groups attached to an aromatic ring is 1. The van der Waals surface area contributed by atoms with Crippen LogP contribution in [-0.4, -0.2) is 31.1 Å². The molecule has 0 spiro atoms. The van der Waals surface area contributed by atoms with Crippen LogP contribution < -0.4 is 21.5 Å². The van der Waals surface area contributed by atoms with Gasteiger partial charge >= 0.3 is 12.0 Å². The summed E-state index contributed by atoms with van der Waals surface area (Å²) in [5.74, 6) is -1.22. The zero-order valence-electron chi connectivity index (χ0n) is 11.0. The average Bonchev–Trinajstić information content (AvgIpc) is 2.38. The maximum absolute atomic E-state index is 11.9.